The van der Waals surface area contributed by atoms with E-state index in [1.807, 2.05) is 20.8 Å². The molecule has 3 aliphatic rings. The van der Waals surface area contributed by atoms with E-state index in [1.54, 1.807) is 0 Å². The van der Waals surface area contributed by atoms with E-state index in [-0.39, 0.29) is 34.8 Å². The molecular formula is C26H49IN2O4. The van der Waals surface area contributed by atoms with Gasteiger partial charge in [0.25, 0.3) is 5.66 Å². The molecule has 0 spiro atoms. The van der Waals surface area contributed by atoms with Crippen molar-refractivity contribution < 1.29 is 19.4 Å². The van der Waals surface area contributed by atoms with Crippen LogP contribution in [0.1, 0.15) is 101 Å². The quantitative estimate of drug-likeness (QED) is 0.363. The minimum Gasteiger partial charge on any atom is -0.478 e. The zero-order chi connectivity index (χ0) is 24.6. The average Bonchev–Trinajstić information content (AvgIpc) is 3.51. The Labute approximate surface area is 219 Å². The van der Waals surface area contributed by atoms with Crippen LogP contribution in [-0.4, -0.2) is 54.6 Å². The predicted molar refractivity (Wildman–Crippen MR) is 148 cm³/mol. The molecule has 0 amide bonds. The van der Waals surface area contributed by atoms with Crippen LogP contribution in [0.4, 0.5) is 0 Å². The second-order valence-electron chi connectivity index (χ2n) is 11.3. The van der Waals surface area contributed by atoms with Crippen LogP contribution >= 0.6 is 24.0 Å². The van der Waals surface area contributed by atoms with Crippen LogP contribution in [0.3, 0.4) is 0 Å². The molecule has 0 aliphatic carbocycles. The lowest BCUT2D eigenvalue weighted by Crippen LogP contribution is -2.46. The van der Waals surface area contributed by atoms with Crippen molar-refractivity contribution in [3.05, 3.63) is 0 Å². The summed E-state index contributed by atoms with van der Waals surface area (Å²) in [5.41, 5.74) is -0.657. The topological polar surface area (TPSA) is 80.5 Å². The summed E-state index contributed by atoms with van der Waals surface area (Å²) in [6.07, 6.45) is 6.90. The maximum atomic E-state index is 12.1. The normalized spacial score (nSPS) is 19.9. The van der Waals surface area contributed by atoms with Crippen LogP contribution in [0.15, 0.2) is 9.98 Å². The minimum absolute atomic E-state index is 0. The number of aliphatic carboxylic acids is 1. The Morgan fingerprint density at radius 1 is 0.788 bits per heavy atom. The predicted octanol–water partition coefficient (Wildman–Crippen LogP) is 6.79. The lowest BCUT2D eigenvalue weighted by Gasteiger charge is -2.32. The third kappa shape index (κ3) is 8.57. The fraction of sp³-hybridized carbons (Fsp3) is 0.885. The van der Waals surface area contributed by atoms with Gasteiger partial charge in [-0.15, -0.1) is 24.0 Å². The highest BCUT2D eigenvalue weighted by Gasteiger charge is 2.55. The number of carbonyl (C=O) groups is 1. The number of rotatable bonds is 5. The largest absolute Gasteiger partial charge is 0.478 e. The molecule has 0 aromatic rings. The molecule has 0 saturated carbocycles. The van der Waals surface area contributed by atoms with Gasteiger partial charge in [0.1, 0.15) is 0 Å². The van der Waals surface area contributed by atoms with E-state index >= 15 is 0 Å². The molecule has 3 rings (SSSR count). The molecule has 1 N–H and O–H groups in total. The fourth-order valence-electron chi connectivity index (χ4n) is 3.51. The van der Waals surface area contributed by atoms with E-state index in [4.69, 9.17) is 19.5 Å². The van der Waals surface area contributed by atoms with Crippen molar-refractivity contribution in [2.45, 2.75) is 107 Å². The summed E-state index contributed by atoms with van der Waals surface area (Å²) in [5.74, 6) is -0.966. The van der Waals surface area contributed by atoms with Gasteiger partial charge in [0.05, 0.1) is 11.4 Å². The summed E-state index contributed by atoms with van der Waals surface area (Å²) < 4.78 is 9.89. The summed E-state index contributed by atoms with van der Waals surface area (Å²) in [6, 6.07) is 0. The Kier molecular flexibility index (Phi) is 13.3. The van der Waals surface area contributed by atoms with Crippen LogP contribution in [0.5, 0.6) is 0 Å². The highest BCUT2D eigenvalue weighted by molar-refractivity contribution is 14.0. The Hall–Kier alpha value is -0.540. The standard InChI is InChI=1S/C18H32N2O2.2C4H8O.HI/c1-10-16(6,7)12-13(17(8,9)11-2)20-18(19-12,14(21)22)15(3,4)5;2*1-2-4-5-3-1;/h10-11H2,1-9H3,(H,21,22);2*1-4H2;1H. The molecule has 2 saturated heterocycles. The molecule has 0 aromatic carbocycles. The van der Waals surface area contributed by atoms with Crippen LogP contribution in [-0.2, 0) is 14.3 Å². The number of hydrogen-bond donors (Lipinski definition) is 1. The summed E-state index contributed by atoms with van der Waals surface area (Å²) in [4.78, 5) is 21.6. The maximum Gasteiger partial charge on any atom is 0.354 e. The third-order valence-corrected chi connectivity index (χ3v) is 6.82. The van der Waals surface area contributed by atoms with Gasteiger partial charge in [-0.3, -0.25) is 0 Å². The average molecular weight is 581 g/mol. The number of halogens is 1. The molecule has 0 atom stereocenters. The lowest BCUT2D eigenvalue weighted by atomic mass is 9.73. The van der Waals surface area contributed by atoms with Crippen LogP contribution in [0, 0.1) is 16.2 Å². The number of hydrogen-bond acceptors (Lipinski definition) is 5. The van der Waals surface area contributed by atoms with E-state index in [1.165, 1.54) is 25.7 Å². The van der Waals surface area contributed by atoms with Gasteiger partial charge in [-0.05, 0) is 38.5 Å². The molecule has 0 radical (unpaired) electrons. The van der Waals surface area contributed by atoms with Crippen LogP contribution < -0.4 is 0 Å². The van der Waals surface area contributed by atoms with Gasteiger partial charge < -0.3 is 14.6 Å². The Balaban J connectivity index is 0.000000754. The summed E-state index contributed by atoms with van der Waals surface area (Å²) >= 11 is 0. The number of carboxylic acids is 1. The molecule has 0 aromatic heterocycles. The van der Waals surface area contributed by atoms with Gasteiger partial charge in [-0.25, -0.2) is 14.8 Å². The first-order valence-electron chi connectivity index (χ1n) is 12.3. The highest BCUT2D eigenvalue weighted by Crippen LogP contribution is 2.45. The molecule has 2 fully saturated rings. The molecule has 6 nitrogen and oxygen atoms in total. The van der Waals surface area contributed by atoms with Gasteiger partial charge in [-0.1, -0.05) is 62.3 Å². The number of carboxylic acid groups (broad SMARTS) is 1. The van der Waals surface area contributed by atoms with Gasteiger partial charge in [0.15, 0.2) is 0 Å². The van der Waals surface area contributed by atoms with Gasteiger partial charge in [0, 0.05) is 42.7 Å². The van der Waals surface area contributed by atoms with E-state index in [9.17, 15) is 9.90 Å². The summed E-state index contributed by atoms with van der Waals surface area (Å²) in [7, 11) is 0. The van der Waals surface area contributed by atoms with Gasteiger partial charge in [-0.2, -0.15) is 0 Å². The fourth-order valence-corrected chi connectivity index (χ4v) is 3.51. The third-order valence-electron chi connectivity index (χ3n) is 6.82. The lowest BCUT2D eigenvalue weighted by molar-refractivity contribution is -0.146. The maximum absolute atomic E-state index is 12.1. The second-order valence-corrected chi connectivity index (χ2v) is 11.3. The molecule has 194 valence electrons. The van der Waals surface area contributed by atoms with Crippen molar-refractivity contribution in [2.75, 3.05) is 26.4 Å². The number of aliphatic imine (C=N–C) groups is 2. The van der Waals surface area contributed by atoms with Crippen molar-refractivity contribution in [3.8, 4) is 0 Å². The first-order valence-corrected chi connectivity index (χ1v) is 12.3. The molecular weight excluding hydrogens is 531 g/mol. The minimum atomic E-state index is -1.42. The van der Waals surface area contributed by atoms with Crippen molar-refractivity contribution >= 4 is 41.4 Å². The molecule has 0 bridgehead atoms. The van der Waals surface area contributed by atoms with E-state index in [0.29, 0.717) is 0 Å². The molecule has 3 aliphatic heterocycles. The molecule has 7 heteroatoms. The molecule has 0 unspecified atom stereocenters. The smallest absolute Gasteiger partial charge is 0.354 e. The zero-order valence-corrected chi connectivity index (χ0v) is 24.9. The van der Waals surface area contributed by atoms with Crippen molar-refractivity contribution in [1.82, 2.24) is 0 Å². The first kappa shape index (κ1) is 32.5. The highest BCUT2D eigenvalue weighted by atomic mass is 127. The van der Waals surface area contributed by atoms with Gasteiger partial charge in [0.2, 0.25) is 0 Å². The van der Waals surface area contributed by atoms with E-state index < -0.39 is 17.0 Å². The number of ether oxygens (including phenoxy) is 2. The molecule has 3 heterocycles. The van der Waals surface area contributed by atoms with Crippen molar-refractivity contribution in [1.29, 1.82) is 0 Å². The first-order chi connectivity index (χ1) is 14.7. The van der Waals surface area contributed by atoms with Crippen LogP contribution in [0.25, 0.3) is 0 Å². The van der Waals surface area contributed by atoms with Crippen LogP contribution in [0.2, 0.25) is 0 Å². The second kappa shape index (κ2) is 13.5. The van der Waals surface area contributed by atoms with Crippen molar-refractivity contribution in [2.24, 2.45) is 26.2 Å². The SMILES string of the molecule is C1CCOC1.C1CCOC1.CCC(C)(C)C1=NC(C(=O)O)(C(C)(C)C)N=C1C(C)(C)CC.I. The molecule has 33 heavy (non-hydrogen) atoms. The monoisotopic (exact) mass is 580 g/mol. The zero-order valence-electron chi connectivity index (χ0n) is 22.5. The van der Waals surface area contributed by atoms with E-state index in [0.717, 1.165) is 50.7 Å². The Morgan fingerprint density at radius 2 is 1.09 bits per heavy atom. The van der Waals surface area contributed by atoms with E-state index in [2.05, 4.69) is 41.5 Å². The van der Waals surface area contributed by atoms with Crippen molar-refractivity contribution in [3.63, 3.8) is 0 Å². The Bertz CT molecular complexity index is 613. The number of nitrogens with zero attached hydrogens (tertiary/aromatic N) is 2. The Morgan fingerprint density at radius 3 is 1.24 bits per heavy atom. The summed E-state index contributed by atoms with van der Waals surface area (Å²) in [6.45, 7) is 22.4. The van der Waals surface area contributed by atoms with Gasteiger partial charge >= 0.3 is 5.97 Å². The summed E-state index contributed by atoms with van der Waals surface area (Å²) in [5, 5.41) is 9.90.